The van der Waals surface area contributed by atoms with Gasteiger partial charge >= 0.3 is 0 Å². The van der Waals surface area contributed by atoms with E-state index in [2.05, 4.69) is 10.3 Å². The van der Waals surface area contributed by atoms with Gasteiger partial charge in [-0.25, -0.2) is 13.8 Å². The van der Waals surface area contributed by atoms with Crippen molar-refractivity contribution in [2.75, 3.05) is 6.54 Å². The van der Waals surface area contributed by atoms with Crippen LogP contribution in [0.3, 0.4) is 0 Å². The Bertz CT molecular complexity index is 384. The molecule has 0 aromatic carbocycles. The molecule has 96 valence electrons. The summed E-state index contributed by atoms with van der Waals surface area (Å²) >= 11 is 1.22. The maximum Gasteiger partial charge on any atom is 0.270 e. The quantitative estimate of drug-likeness (QED) is 0.724. The molecule has 1 rings (SSSR count). The summed E-state index contributed by atoms with van der Waals surface area (Å²) in [6.07, 6.45) is -4.75. The van der Waals surface area contributed by atoms with Crippen molar-refractivity contribution in [3.8, 4) is 0 Å². The highest BCUT2D eigenvalue weighted by Crippen LogP contribution is 2.15. The number of hydrogen-bond acceptors (Lipinski definition) is 5. The first-order chi connectivity index (χ1) is 7.91. The summed E-state index contributed by atoms with van der Waals surface area (Å²) in [6.45, 7) is 1.21. The predicted molar refractivity (Wildman–Crippen MR) is 59.1 cm³/mol. The highest BCUT2D eigenvalue weighted by molar-refractivity contribution is 7.09. The number of nitrogens with two attached hydrogens (primary N) is 1. The second-order valence-corrected chi connectivity index (χ2v) is 4.36. The average molecular weight is 265 g/mol. The molecule has 0 aliphatic heterocycles. The topological polar surface area (TPSA) is 88.2 Å². The number of aromatic nitrogens is 1. The summed E-state index contributed by atoms with van der Waals surface area (Å²) in [4.78, 5) is 15.4. The second kappa shape index (κ2) is 5.99. The number of alkyl halides is 2. The SMILES string of the molecule is CC(N)c1nc(C(=O)NCC(O)C(F)F)cs1. The fourth-order valence-corrected chi connectivity index (χ4v) is 1.74. The van der Waals surface area contributed by atoms with Crippen molar-refractivity contribution in [3.63, 3.8) is 0 Å². The molecule has 0 aliphatic carbocycles. The number of carbonyl (C=O) groups excluding carboxylic acids is 1. The van der Waals surface area contributed by atoms with Gasteiger partial charge in [-0.1, -0.05) is 0 Å². The molecule has 17 heavy (non-hydrogen) atoms. The number of aliphatic hydroxyl groups is 1. The molecule has 0 saturated carbocycles. The van der Waals surface area contributed by atoms with Gasteiger partial charge in [-0.15, -0.1) is 11.3 Å². The summed E-state index contributed by atoms with van der Waals surface area (Å²) < 4.78 is 23.9. The van der Waals surface area contributed by atoms with Crippen LogP contribution in [0.1, 0.15) is 28.5 Å². The Morgan fingerprint density at radius 1 is 1.71 bits per heavy atom. The minimum absolute atomic E-state index is 0.115. The van der Waals surface area contributed by atoms with Gasteiger partial charge in [0.25, 0.3) is 12.3 Å². The Kier molecular flexibility index (Phi) is 4.91. The van der Waals surface area contributed by atoms with Crippen LogP contribution in [-0.2, 0) is 0 Å². The summed E-state index contributed by atoms with van der Waals surface area (Å²) in [7, 11) is 0. The van der Waals surface area contributed by atoms with Gasteiger partial charge in [0.1, 0.15) is 16.8 Å². The first-order valence-corrected chi connectivity index (χ1v) is 5.75. The van der Waals surface area contributed by atoms with Gasteiger partial charge in [-0.3, -0.25) is 4.79 Å². The number of rotatable bonds is 5. The average Bonchev–Trinajstić information content (AvgIpc) is 2.74. The fraction of sp³-hybridized carbons (Fsp3) is 0.556. The third-order valence-corrected chi connectivity index (χ3v) is 2.95. The van der Waals surface area contributed by atoms with Gasteiger partial charge in [0, 0.05) is 11.9 Å². The number of amides is 1. The normalized spacial score (nSPS) is 14.7. The number of nitrogens with one attached hydrogen (secondary N) is 1. The maximum atomic E-state index is 12.0. The van der Waals surface area contributed by atoms with Gasteiger partial charge in [0.15, 0.2) is 0 Å². The molecule has 2 unspecified atom stereocenters. The van der Waals surface area contributed by atoms with Crippen molar-refractivity contribution >= 4 is 17.2 Å². The third kappa shape index (κ3) is 3.99. The van der Waals surface area contributed by atoms with E-state index in [-0.39, 0.29) is 11.7 Å². The first-order valence-electron chi connectivity index (χ1n) is 4.87. The molecule has 0 radical (unpaired) electrons. The van der Waals surface area contributed by atoms with Crippen LogP contribution in [0.4, 0.5) is 8.78 Å². The molecular weight excluding hydrogens is 252 g/mol. The molecule has 1 amide bonds. The summed E-state index contributed by atoms with van der Waals surface area (Å²) in [5.74, 6) is -0.604. The molecule has 0 bridgehead atoms. The van der Waals surface area contributed by atoms with E-state index in [1.54, 1.807) is 6.92 Å². The van der Waals surface area contributed by atoms with E-state index >= 15 is 0 Å². The zero-order valence-electron chi connectivity index (χ0n) is 9.06. The molecule has 4 N–H and O–H groups in total. The van der Waals surface area contributed by atoms with E-state index in [0.717, 1.165) is 0 Å². The monoisotopic (exact) mass is 265 g/mol. The Morgan fingerprint density at radius 2 is 2.35 bits per heavy atom. The molecule has 0 saturated heterocycles. The highest BCUT2D eigenvalue weighted by Gasteiger charge is 2.19. The Balaban J connectivity index is 2.52. The first kappa shape index (κ1) is 13.9. The van der Waals surface area contributed by atoms with E-state index in [0.29, 0.717) is 5.01 Å². The van der Waals surface area contributed by atoms with Crippen LogP contribution < -0.4 is 11.1 Å². The van der Waals surface area contributed by atoms with E-state index in [9.17, 15) is 13.6 Å². The standard InChI is InChI=1S/C9H13F2N3O2S/c1-4(12)9-14-5(3-17-9)8(16)13-2-6(15)7(10)11/h3-4,6-7,15H,2,12H2,1H3,(H,13,16). The number of halogens is 2. The van der Waals surface area contributed by atoms with Crippen LogP contribution in [0.25, 0.3) is 0 Å². The van der Waals surface area contributed by atoms with Crippen molar-refractivity contribution in [1.29, 1.82) is 0 Å². The fourth-order valence-electron chi connectivity index (χ4n) is 0.978. The number of thiazole rings is 1. The Morgan fingerprint density at radius 3 is 2.82 bits per heavy atom. The van der Waals surface area contributed by atoms with E-state index in [1.807, 2.05) is 0 Å². The summed E-state index contributed by atoms with van der Waals surface area (Å²) in [5.41, 5.74) is 5.68. The summed E-state index contributed by atoms with van der Waals surface area (Å²) in [6, 6.07) is -0.284. The van der Waals surface area contributed by atoms with Gasteiger partial charge in [-0.2, -0.15) is 0 Å². The predicted octanol–water partition coefficient (Wildman–Crippen LogP) is 0.519. The number of nitrogens with zero attached hydrogens (tertiary/aromatic N) is 1. The largest absolute Gasteiger partial charge is 0.385 e. The lowest BCUT2D eigenvalue weighted by molar-refractivity contribution is -0.00272. The minimum atomic E-state index is -2.88. The Labute approximate surface area is 101 Å². The molecule has 0 spiro atoms. The van der Waals surface area contributed by atoms with Crippen molar-refractivity contribution < 1.29 is 18.7 Å². The zero-order chi connectivity index (χ0) is 13.0. The zero-order valence-corrected chi connectivity index (χ0v) is 9.88. The van der Waals surface area contributed by atoms with Gasteiger partial charge < -0.3 is 16.2 Å². The van der Waals surface area contributed by atoms with Gasteiger partial charge in [0.2, 0.25) is 0 Å². The van der Waals surface area contributed by atoms with Crippen molar-refractivity contribution in [3.05, 3.63) is 16.1 Å². The molecule has 5 nitrogen and oxygen atoms in total. The Hall–Kier alpha value is -1.12. The molecule has 2 atom stereocenters. The van der Waals surface area contributed by atoms with Crippen molar-refractivity contribution in [1.82, 2.24) is 10.3 Å². The molecule has 1 aromatic heterocycles. The summed E-state index contributed by atoms with van der Waals surface area (Å²) in [5, 5.41) is 13.1. The molecular formula is C9H13F2N3O2S. The van der Waals surface area contributed by atoms with Crippen LogP contribution in [0, 0.1) is 0 Å². The second-order valence-electron chi connectivity index (χ2n) is 3.47. The maximum absolute atomic E-state index is 12.0. The van der Waals surface area contributed by atoms with Crippen LogP contribution in [0.2, 0.25) is 0 Å². The molecule has 8 heteroatoms. The molecule has 1 heterocycles. The van der Waals surface area contributed by atoms with Crippen molar-refractivity contribution in [2.45, 2.75) is 25.5 Å². The van der Waals surface area contributed by atoms with Gasteiger partial charge in [0.05, 0.1) is 6.04 Å². The van der Waals surface area contributed by atoms with E-state index in [4.69, 9.17) is 10.8 Å². The van der Waals surface area contributed by atoms with Crippen LogP contribution in [-0.4, -0.2) is 35.1 Å². The lowest BCUT2D eigenvalue weighted by atomic mass is 10.3. The number of carbonyl (C=O) groups is 1. The highest BCUT2D eigenvalue weighted by atomic mass is 32.1. The molecule has 1 aromatic rings. The lowest BCUT2D eigenvalue weighted by Crippen LogP contribution is -2.36. The third-order valence-electron chi connectivity index (χ3n) is 1.91. The van der Waals surface area contributed by atoms with Crippen molar-refractivity contribution in [2.24, 2.45) is 5.73 Å². The number of hydrogen-bond donors (Lipinski definition) is 3. The lowest BCUT2D eigenvalue weighted by Gasteiger charge is -2.09. The smallest absolute Gasteiger partial charge is 0.270 e. The molecule has 0 fully saturated rings. The van der Waals surface area contributed by atoms with Crippen LogP contribution >= 0.6 is 11.3 Å². The van der Waals surface area contributed by atoms with E-state index in [1.165, 1.54) is 16.7 Å². The van der Waals surface area contributed by atoms with Crippen LogP contribution in [0.5, 0.6) is 0 Å². The van der Waals surface area contributed by atoms with Crippen LogP contribution in [0.15, 0.2) is 5.38 Å². The minimum Gasteiger partial charge on any atom is -0.385 e. The van der Waals surface area contributed by atoms with Gasteiger partial charge in [-0.05, 0) is 6.92 Å². The molecule has 0 aliphatic rings. The van der Waals surface area contributed by atoms with E-state index < -0.39 is 25.0 Å². The number of aliphatic hydroxyl groups excluding tert-OH is 1.